The number of aromatic amines is 1. The first-order chi connectivity index (χ1) is 7.06. The Morgan fingerprint density at radius 3 is 2.87 bits per heavy atom. The number of aliphatic hydroxyl groups is 1. The van der Waals surface area contributed by atoms with Crippen LogP contribution in [0.1, 0.15) is 29.5 Å². The summed E-state index contributed by atoms with van der Waals surface area (Å²) in [6.45, 7) is 3.78. The summed E-state index contributed by atoms with van der Waals surface area (Å²) >= 11 is 0. The fraction of sp³-hybridized carbons (Fsp3) is 0.556. The smallest absolute Gasteiger partial charge is 0.274 e. The summed E-state index contributed by atoms with van der Waals surface area (Å²) in [7, 11) is 0. The highest BCUT2D eigenvalue weighted by atomic mass is 16.3. The van der Waals surface area contributed by atoms with Crippen LogP contribution in [-0.2, 0) is 0 Å². The number of rotatable bonds is 4. The molecule has 6 heteroatoms. The summed E-state index contributed by atoms with van der Waals surface area (Å²) in [5, 5.41) is 18.2. The number of nitrogens with zero attached hydrogens (tertiary/aromatic N) is 1. The number of aliphatic hydroxyl groups excluding tert-OH is 1. The molecule has 0 fully saturated rings. The maximum Gasteiger partial charge on any atom is 0.274 e. The van der Waals surface area contributed by atoms with Gasteiger partial charge in [-0.2, -0.15) is 5.10 Å². The summed E-state index contributed by atoms with van der Waals surface area (Å²) in [5.74, 6) is -0.371. The Morgan fingerprint density at radius 1 is 1.73 bits per heavy atom. The minimum Gasteiger partial charge on any atom is -0.395 e. The number of carbonyl (C=O) groups is 1. The molecule has 6 nitrogen and oxygen atoms in total. The van der Waals surface area contributed by atoms with Crippen molar-refractivity contribution in [3.05, 3.63) is 11.4 Å². The maximum atomic E-state index is 11.5. The van der Waals surface area contributed by atoms with Gasteiger partial charge in [0.05, 0.1) is 17.5 Å². The predicted molar refractivity (Wildman–Crippen MR) is 56.4 cm³/mol. The largest absolute Gasteiger partial charge is 0.395 e. The molecule has 1 rings (SSSR count). The normalized spacial score (nSPS) is 12.5. The number of hydrogen-bond acceptors (Lipinski definition) is 4. The predicted octanol–water partition coefficient (Wildman–Crippen LogP) is -0.199. The SMILES string of the molecule is CCC(O)CNC(=O)c1n[nH]c(C)c1N. The van der Waals surface area contributed by atoms with Gasteiger partial charge in [0.1, 0.15) is 0 Å². The fourth-order valence-electron chi connectivity index (χ4n) is 1.05. The van der Waals surface area contributed by atoms with Gasteiger partial charge in [0.2, 0.25) is 0 Å². The Kier molecular flexibility index (Phi) is 3.68. The van der Waals surface area contributed by atoms with Crippen molar-refractivity contribution in [1.82, 2.24) is 15.5 Å². The highest BCUT2D eigenvalue weighted by molar-refractivity contribution is 5.97. The molecule has 0 aliphatic carbocycles. The average molecular weight is 212 g/mol. The van der Waals surface area contributed by atoms with Gasteiger partial charge in [0.25, 0.3) is 5.91 Å². The van der Waals surface area contributed by atoms with Gasteiger partial charge in [-0.15, -0.1) is 0 Å². The summed E-state index contributed by atoms with van der Waals surface area (Å²) < 4.78 is 0. The van der Waals surface area contributed by atoms with E-state index in [2.05, 4.69) is 15.5 Å². The molecule has 0 saturated heterocycles. The Hall–Kier alpha value is -1.56. The zero-order valence-electron chi connectivity index (χ0n) is 8.87. The number of aromatic nitrogens is 2. The molecule has 1 amide bonds. The third-order valence-electron chi connectivity index (χ3n) is 2.18. The minimum absolute atomic E-state index is 0.177. The number of nitrogens with one attached hydrogen (secondary N) is 2. The lowest BCUT2D eigenvalue weighted by atomic mass is 10.2. The van der Waals surface area contributed by atoms with E-state index in [0.29, 0.717) is 17.8 Å². The quantitative estimate of drug-likeness (QED) is 0.554. The lowest BCUT2D eigenvalue weighted by Crippen LogP contribution is -2.32. The number of hydrogen-bond donors (Lipinski definition) is 4. The molecule has 0 radical (unpaired) electrons. The molecule has 0 spiro atoms. The van der Waals surface area contributed by atoms with Gasteiger partial charge in [0.15, 0.2) is 5.69 Å². The van der Waals surface area contributed by atoms with Crippen molar-refractivity contribution in [1.29, 1.82) is 0 Å². The number of aryl methyl sites for hydroxylation is 1. The van der Waals surface area contributed by atoms with Gasteiger partial charge < -0.3 is 16.2 Å². The van der Waals surface area contributed by atoms with Crippen LogP contribution in [0.15, 0.2) is 0 Å². The van der Waals surface area contributed by atoms with Crippen molar-refractivity contribution >= 4 is 11.6 Å². The van der Waals surface area contributed by atoms with Crippen LogP contribution in [0, 0.1) is 6.92 Å². The lowest BCUT2D eigenvalue weighted by Gasteiger charge is -2.08. The van der Waals surface area contributed by atoms with Gasteiger partial charge in [-0.05, 0) is 13.3 Å². The van der Waals surface area contributed by atoms with Gasteiger partial charge in [-0.1, -0.05) is 6.92 Å². The van der Waals surface area contributed by atoms with E-state index in [0.717, 1.165) is 0 Å². The summed E-state index contributed by atoms with van der Waals surface area (Å²) in [4.78, 5) is 11.5. The zero-order valence-corrected chi connectivity index (χ0v) is 8.87. The van der Waals surface area contributed by atoms with Crippen molar-refractivity contribution in [2.24, 2.45) is 0 Å². The van der Waals surface area contributed by atoms with Gasteiger partial charge in [0, 0.05) is 6.54 Å². The van der Waals surface area contributed by atoms with E-state index in [1.54, 1.807) is 6.92 Å². The molecule has 0 bridgehead atoms. The molecule has 1 aromatic heterocycles. The van der Waals surface area contributed by atoms with Crippen LogP contribution in [0.3, 0.4) is 0 Å². The van der Waals surface area contributed by atoms with Crippen LogP contribution in [0.25, 0.3) is 0 Å². The summed E-state index contributed by atoms with van der Waals surface area (Å²) in [5.41, 5.74) is 6.81. The first-order valence-corrected chi connectivity index (χ1v) is 4.83. The first kappa shape index (κ1) is 11.5. The Bertz CT molecular complexity index is 348. The monoisotopic (exact) mass is 212 g/mol. The Balaban J connectivity index is 2.58. The number of anilines is 1. The molecule has 84 valence electrons. The highest BCUT2D eigenvalue weighted by Crippen LogP contribution is 2.11. The van der Waals surface area contributed by atoms with Crippen molar-refractivity contribution in [3.8, 4) is 0 Å². The molecular formula is C9H16N4O2. The molecule has 0 aliphatic rings. The van der Waals surface area contributed by atoms with Crippen molar-refractivity contribution in [3.63, 3.8) is 0 Å². The molecule has 1 aromatic rings. The maximum absolute atomic E-state index is 11.5. The zero-order chi connectivity index (χ0) is 11.4. The minimum atomic E-state index is -0.532. The van der Waals surface area contributed by atoms with Crippen LogP contribution in [-0.4, -0.2) is 33.9 Å². The third-order valence-corrected chi connectivity index (χ3v) is 2.18. The van der Waals surface area contributed by atoms with Gasteiger partial charge >= 0.3 is 0 Å². The second-order valence-corrected chi connectivity index (χ2v) is 3.38. The van der Waals surface area contributed by atoms with E-state index in [4.69, 9.17) is 5.73 Å². The van der Waals surface area contributed by atoms with E-state index in [9.17, 15) is 9.90 Å². The van der Waals surface area contributed by atoms with E-state index in [1.165, 1.54) is 0 Å². The number of H-pyrrole nitrogens is 1. The molecule has 1 unspecified atom stereocenters. The van der Waals surface area contributed by atoms with Crippen molar-refractivity contribution in [2.75, 3.05) is 12.3 Å². The van der Waals surface area contributed by atoms with Crippen molar-refractivity contribution < 1.29 is 9.90 Å². The standard InChI is InChI=1S/C9H16N4O2/c1-3-6(14)4-11-9(15)8-7(10)5(2)12-13-8/h6,14H,3-4,10H2,1-2H3,(H,11,15)(H,12,13). The first-order valence-electron chi connectivity index (χ1n) is 4.83. The lowest BCUT2D eigenvalue weighted by molar-refractivity contribution is 0.0910. The number of carbonyl (C=O) groups excluding carboxylic acids is 1. The van der Waals surface area contributed by atoms with Crippen LogP contribution in [0.4, 0.5) is 5.69 Å². The molecule has 1 heterocycles. The fourth-order valence-corrected chi connectivity index (χ4v) is 1.05. The topological polar surface area (TPSA) is 104 Å². The molecule has 15 heavy (non-hydrogen) atoms. The average Bonchev–Trinajstić information content (AvgIpc) is 2.56. The summed E-state index contributed by atoms with van der Waals surface area (Å²) in [6.07, 6.45) is 0.0604. The van der Waals surface area contributed by atoms with E-state index in [-0.39, 0.29) is 18.1 Å². The van der Waals surface area contributed by atoms with Gasteiger partial charge in [-0.3, -0.25) is 9.89 Å². The van der Waals surface area contributed by atoms with Crippen LogP contribution in [0.2, 0.25) is 0 Å². The molecule has 0 aromatic carbocycles. The highest BCUT2D eigenvalue weighted by Gasteiger charge is 2.15. The van der Waals surface area contributed by atoms with E-state index >= 15 is 0 Å². The van der Waals surface area contributed by atoms with Crippen LogP contribution in [0.5, 0.6) is 0 Å². The molecule has 5 N–H and O–H groups in total. The van der Waals surface area contributed by atoms with Gasteiger partial charge in [-0.25, -0.2) is 0 Å². The van der Waals surface area contributed by atoms with E-state index in [1.807, 2.05) is 6.92 Å². The van der Waals surface area contributed by atoms with E-state index < -0.39 is 6.10 Å². The molecule has 0 saturated carbocycles. The Labute approximate surface area is 87.9 Å². The molecule has 0 aliphatic heterocycles. The number of nitrogen functional groups attached to an aromatic ring is 1. The number of nitrogens with two attached hydrogens (primary N) is 1. The summed E-state index contributed by atoms with van der Waals surface area (Å²) in [6, 6.07) is 0. The van der Waals surface area contributed by atoms with Crippen LogP contribution >= 0.6 is 0 Å². The third kappa shape index (κ3) is 2.69. The van der Waals surface area contributed by atoms with Crippen molar-refractivity contribution in [2.45, 2.75) is 26.4 Å². The molecule has 1 atom stereocenters. The Morgan fingerprint density at radius 2 is 2.40 bits per heavy atom. The second-order valence-electron chi connectivity index (χ2n) is 3.38. The second kappa shape index (κ2) is 4.79. The van der Waals surface area contributed by atoms with Crippen LogP contribution < -0.4 is 11.1 Å². The number of amides is 1. The molecular weight excluding hydrogens is 196 g/mol.